The van der Waals surface area contributed by atoms with E-state index in [1.165, 1.54) is 12.1 Å². The molecule has 108 valence electrons. The fraction of sp³-hybridized carbons (Fsp3) is 0.400. The third-order valence-corrected chi connectivity index (χ3v) is 2.82. The number of hydrogen-bond acceptors (Lipinski definition) is 4. The van der Waals surface area contributed by atoms with Crippen molar-refractivity contribution in [1.82, 2.24) is 10.3 Å². The van der Waals surface area contributed by atoms with Crippen molar-refractivity contribution in [3.05, 3.63) is 42.0 Å². The topological polar surface area (TPSA) is 41.3 Å². The van der Waals surface area contributed by atoms with Gasteiger partial charge in [0.2, 0.25) is 0 Å². The van der Waals surface area contributed by atoms with Gasteiger partial charge < -0.3 is 9.73 Å². The van der Waals surface area contributed by atoms with Gasteiger partial charge in [0.15, 0.2) is 0 Å². The van der Waals surface area contributed by atoms with Crippen molar-refractivity contribution in [2.24, 2.45) is 0 Å². The smallest absolute Gasteiger partial charge is 0.301 e. The van der Waals surface area contributed by atoms with Crippen LogP contribution in [-0.4, -0.2) is 17.6 Å². The number of hydrogen-bond donors (Lipinski definition) is 1. The van der Waals surface area contributed by atoms with Gasteiger partial charge in [0.1, 0.15) is 12.1 Å². The van der Waals surface area contributed by atoms with E-state index in [1.54, 1.807) is 30.3 Å². The van der Waals surface area contributed by atoms with Crippen LogP contribution in [0.2, 0.25) is 0 Å². The standard InChI is InChI=1S/C15H20FN3O/c1-15(2,3)17-9-12-10-20-14(18-12)19(4)13-7-5-6-11(16)8-13/h5-8,10,17H,9H2,1-4H3. The van der Waals surface area contributed by atoms with Gasteiger partial charge in [-0.25, -0.2) is 4.39 Å². The molecule has 0 unspecified atom stereocenters. The molecule has 0 aliphatic heterocycles. The molecule has 0 amide bonds. The highest BCUT2D eigenvalue weighted by Gasteiger charge is 2.14. The second kappa shape index (κ2) is 5.63. The molecule has 2 rings (SSSR count). The monoisotopic (exact) mass is 277 g/mol. The fourth-order valence-electron chi connectivity index (χ4n) is 1.68. The van der Waals surface area contributed by atoms with E-state index < -0.39 is 0 Å². The Bertz CT molecular complexity index is 574. The van der Waals surface area contributed by atoms with Crippen molar-refractivity contribution in [2.45, 2.75) is 32.9 Å². The van der Waals surface area contributed by atoms with Gasteiger partial charge in [-0.1, -0.05) is 6.07 Å². The van der Waals surface area contributed by atoms with Gasteiger partial charge >= 0.3 is 6.01 Å². The summed E-state index contributed by atoms with van der Waals surface area (Å²) in [6.45, 7) is 6.90. The normalized spacial score (nSPS) is 11.7. The summed E-state index contributed by atoms with van der Waals surface area (Å²) in [7, 11) is 1.79. The van der Waals surface area contributed by atoms with Crippen LogP contribution in [0.1, 0.15) is 26.5 Å². The zero-order chi connectivity index (χ0) is 14.8. The molecule has 0 aliphatic rings. The molecule has 4 nitrogen and oxygen atoms in total. The largest absolute Gasteiger partial charge is 0.431 e. The first-order chi connectivity index (χ1) is 9.35. The van der Waals surface area contributed by atoms with Gasteiger partial charge in [0, 0.05) is 24.8 Å². The van der Waals surface area contributed by atoms with Crippen molar-refractivity contribution < 1.29 is 8.81 Å². The third-order valence-electron chi connectivity index (χ3n) is 2.82. The molecule has 0 saturated heterocycles. The molecule has 20 heavy (non-hydrogen) atoms. The Morgan fingerprint density at radius 1 is 1.35 bits per heavy atom. The lowest BCUT2D eigenvalue weighted by Gasteiger charge is -2.19. The summed E-state index contributed by atoms with van der Waals surface area (Å²) in [5.74, 6) is -0.282. The van der Waals surface area contributed by atoms with Crippen molar-refractivity contribution in [3.63, 3.8) is 0 Å². The lowest BCUT2D eigenvalue weighted by Crippen LogP contribution is -2.35. The highest BCUT2D eigenvalue weighted by Crippen LogP contribution is 2.23. The van der Waals surface area contributed by atoms with Crippen LogP contribution >= 0.6 is 0 Å². The van der Waals surface area contributed by atoms with E-state index in [1.807, 2.05) is 0 Å². The van der Waals surface area contributed by atoms with Crippen LogP contribution in [0.5, 0.6) is 0 Å². The minimum atomic E-state index is -0.282. The number of benzene rings is 1. The van der Waals surface area contributed by atoms with Gasteiger partial charge in [-0.05, 0) is 39.0 Å². The number of nitrogens with zero attached hydrogens (tertiary/aromatic N) is 2. The molecule has 0 spiro atoms. The predicted octanol–water partition coefficient (Wildman–Crippen LogP) is 3.47. The molecule has 1 heterocycles. The van der Waals surface area contributed by atoms with Crippen LogP contribution in [0, 0.1) is 5.82 Å². The fourth-order valence-corrected chi connectivity index (χ4v) is 1.68. The summed E-state index contributed by atoms with van der Waals surface area (Å²) >= 11 is 0. The molecule has 1 aromatic heterocycles. The molecule has 5 heteroatoms. The SMILES string of the molecule is CN(c1cccc(F)c1)c1nc(CNC(C)(C)C)co1. The molecule has 0 radical (unpaired) electrons. The van der Waals surface area contributed by atoms with Crippen LogP contribution in [0.4, 0.5) is 16.1 Å². The lowest BCUT2D eigenvalue weighted by molar-refractivity contribution is 0.421. The first kappa shape index (κ1) is 14.5. The van der Waals surface area contributed by atoms with Crippen LogP contribution < -0.4 is 10.2 Å². The summed E-state index contributed by atoms with van der Waals surface area (Å²) < 4.78 is 18.7. The Labute approximate surface area is 118 Å². The Hall–Kier alpha value is -1.88. The number of oxazole rings is 1. The Kier molecular flexibility index (Phi) is 4.09. The number of halogens is 1. The molecule has 1 aromatic carbocycles. The second-order valence-corrected chi connectivity index (χ2v) is 5.76. The lowest BCUT2D eigenvalue weighted by atomic mass is 10.1. The number of rotatable bonds is 4. The van der Waals surface area contributed by atoms with Crippen LogP contribution in [0.25, 0.3) is 0 Å². The summed E-state index contributed by atoms with van der Waals surface area (Å²) in [6.07, 6.45) is 1.61. The van der Waals surface area contributed by atoms with E-state index in [4.69, 9.17) is 4.42 Å². The quantitative estimate of drug-likeness (QED) is 0.929. The minimum absolute atomic E-state index is 0.0214. The van der Waals surface area contributed by atoms with E-state index in [0.717, 1.165) is 5.69 Å². The van der Waals surface area contributed by atoms with E-state index in [0.29, 0.717) is 18.2 Å². The first-order valence-electron chi connectivity index (χ1n) is 6.54. The predicted molar refractivity (Wildman–Crippen MR) is 77.6 cm³/mol. The summed E-state index contributed by atoms with van der Waals surface area (Å²) in [5.41, 5.74) is 1.54. The van der Waals surface area contributed by atoms with Crippen molar-refractivity contribution in [2.75, 3.05) is 11.9 Å². The van der Waals surface area contributed by atoms with E-state index in [9.17, 15) is 4.39 Å². The highest BCUT2D eigenvalue weighted by atomic mass is 19.1. The number of nitrogens with one attached hydrogen (secondary N) is 1. The van der Waals surface area contributed by atoms with Crippen LogP contribution in [0.15, 0.2) is 34.9 Å². The molecule has 0 atom stereocenters. The maximum atomic E-state index is 13.2. The molecule has 0 saturated carbocycles. The minimum Gasteiger partial charge on any atom is -0.431 e. The van der Waals surface area contributed by atoms with Gasteiger partial charge in [0.25, 0.3) is 0 Å². The Morgan fingerprint density at radius 3 is 2.75 bits per heavy atom. The van der Waals surface area contributed by atoms with E-state index in [2.05, 4.69) is 31.1 Å². The van der Waals surface area contributed by atoms with Crippen LogP contribution in [0.3, 0.4) is 0 Å². The molecule has 0 bridgehead atoms. The van der Waals surface area contributed by atoms with Crippen molar-refractivity contribution >= 4 is 11.7 Å². The molecule has 1 N–H and O–H groups in total. The van der Waals surface area contributed by atoms with E-state index in [-0.39, 0.29) is 11.4 Å². The van der Waals surface area contributed by atoms with Gasteiger partial charge in [-0.2, -0.15) is 4.98 Å². The molecular formula is C15H20FN3O. The zero-order valence-electron chi connectivity index (χ0n) is 12.3. The van der Waals surface area contributed by atoms with Gasteiger partial charge in [-0.3, -0.25) is 4.90 Å². The number of aromatic nitrogens is 1. The highest BCUT2D eigenvalue weighted by molar-refractivity contribution is 5.55. The molecule has 0 aliphatic carbocycles. The summed E-state index contributed by atoms with van der Waals surface area (Å²) in [4.78, 5) is 6.11. The second-order valence-electron chi connectivity index (χ2n) is 5.76. The third kappa shape index (κ3) is 3.81. The zero-order valence-corrected chi connectivity index (χ0v) is 12.3. The maximum Gasteiger partial charge on any atom is 0.301 e. The van der Waals surface area contributed by atoms with E-state index >= 15 is 0 Å². The first-order valence-corrected chi connectivity index (χ1v) is 6.54. The van der Waals surface area contributed by atoms with Gasteiger partial charge in [-0.15, -0.1) is 0 Å². The summed E-state index contributed by atoms with van der Waals surface area (Å²) in [5, 5.41) is 3.34. The summed E-state index contributed by atoms with van der Waals surface area (Å²) in [6, 6.07) is 6.76. The van der Waals surface area contributed by atoms with Crippen LogP contribution in [-0.2, 0) is 6.54 Å². The van der Waals surface area contributed by atoms with Crippen molar-refractivity contribution in [3.8, 4) is 0 Å². The van der Waals surface area contributed by atoms with Gasteiger partial charge in [0.05, 0.1) is 5.69 Å². The Balaban J connectivity index is 2.08. The molecular weight excluding hydrogens is 257 g/mol. The number of anilines is 2. The molecule has 2 aromatic rings. The Morgan fingerprint density at radius 2 is 2.10 bits per heavy atom. The average Bonchev–Trinajstić information content (AvgIpc) is 2.83. The molecule has 0 fully saturated rings. The average molecular weight is 277 g/mol. The van der Waals surface area contributed by atoms with Crippen molar-refractivity contribution in [1.29, 1.82) is 0 Å². The maximum absolute atomic E-state index is 13.2.